The first-order valence-electron chi connectivity index (χ1n) is 6.84. The van der Waals surface area contributed by atoms with Crippen molar-refractivity contribution in [2.75, 3.05) is 13.2 Å². The topological polar surface area (TPSA) is 87.0 Å². The van der Waals surface area contributed by atoms with Gasteiger partial charge in [0, 0.05) is 6.61 Å². The van der Waals surface area contributed by atoms with Gasteiger partial charge in [0.15, 0.2) is 0 Å². The van der Waals surface area contributed by atoms with Crippen LogP contribution in [0.25, 0.3) is 0 Å². The maximum absolute atomic E-state index is 11.6. The first-order chi connectivity index (χ1) is 9.65. The molecule has 5 nitrogen and oxygen atoms in total. The number of hydrogen-bond acceptors (Lipinski definition) is 5. The summed E-state index contributed by atoms with van der Waals surface area (Å²) in [6, 6.07) is 8.49. The molecule has 0 saturated heterocycles. The minimum absolute atomic E-state index is 0.132. The van der Waals surface area contributed by atoms with Gasteiger partial charge in [-0.15, -0.1) is 0 Å². The number of aliphatic hydroxyl groups excluding tert-OH is 3. The van der Waals surface area contributed by atoms with E-state index >= 15 is 0 Å². The van der Waals surface area contributed by atoms with Crippen LogP contribution in [-0.2, 0) is 4.74 Å². The fourth-order valence-electron chi connectivity index (χ4n) is 1.76. The van der Waals surface area contributed by atoms with Crippen LogP contribution in [0.3, 0.4) is 0 Å². The van der Waals surface area contributed by atoms with Crippen LogP contribution in [0, 0.1) is 0 Å². The van der Waals surface area contributed by atoms with Gasteiger partial charge in [-0.1, -0.05) is 31.0 Å². The van der Waals surface area contributed by atoms with E-state index in [1.165, 1.54) is 0 Å². The molecule has 0 radical (unpaired) electrons. The second-order valence-electron chi connectivity index (χ2n) is 4.67. The van der Waals surface area contributed by atoms with Gasteiger partial charge in [0.25, 0.3) is 0 Å². The molecule has 0 saturated carbocycles. The highest BCUT2D eigenvalue weighted by Gasteiger charge is 2.18. The predicted molar refractivity (Wildman–Crippen MR) is 74.3 cm³/mol. The molecule has 112 valence electrons. The zero-order valence-electron chi connectivity index (χ0n) is 11.4. The molecule has 0 aliphatic heterocycles. The molecular weight excluding hydrogens is 260 g/mol. The molecule has 3 N–H and O–H groups in total. The van der Waals surface area contributed by atoms with Crippen molar-refractivity contribution in [3.8, 4) is 0 Å². The van der Waals surface area contributed by atoms with Gasteiger partial charge in [-0.2, -0.15) is 0 Å². The number of benzene rings is 1. The normalized spacial score (nSPS) is 13.8. The molecule has 0 amide bonds. The second kappa shape index (κ2) is 9.47. The van der Waals surface area contributed by atoms with Crippen molar-refractivity contribution in [3.63, 3.8) is 0 Å². The van der Waals surface area contributed by atoms with Crippen molar-refractivity contribution in [2.45, 2.75) is 37.9 Å². The SMILES string of the molecule is O=C(OCC(O)C(O)CCCCCO)c1ccccc1. The molecule has 5 heteroatoms. The lowest BCUT2D eigenvalue weighted by atomic mass is 10.1. The maximum Gasteiger partial charge on any atom is 0.338 e. The van der Waals surface area contributed by atoms with Gasteiger partial charge in [0.05, 0.1) is 11.7 Å². The van der Waals surface area contributed by atoms with Crippen molar-refractivity contribution < 1.29 is 24.9 Å². The van der Waals surface area contributed by atoms with Crippen LogP contribution in [0.2, 0.25) is 0 Å². The summed E-state index contributed by atoms with van der Waals surface area (Å²) < 4.78 is 4.95. The summed E-state index contributed by atoms with van der Waals surface area (Å²) in [4.78, 5) is 11.6. The van der Waals surface area contributed by atoms with E-state index in [0.717, 1.165) is 6.42 Å². The standard InChI is InChI=1S/C15H22O5/c16-10-6-2-5-9-13(17)14(18)11-20-15(19)12-7-3-1-4-8-12/h1,3-4,7-8,13-14,16-18H,2,5-6,9-11H2. The molecule has 2 unspecified atom stereocenters. The Bertz CT molecular complexity index is 379. The number of hydrogen-bond donors (Lipinski definition) is 3. The predicted octanol–water partition coefficient (Wildman–Crippen LogP) is 1.12. The minimum Gasteiger partial charge on any atom is -0.459 e. The Kier molecular flexibility index (Phi) is 7.87. The number of ether oxygens (including phenoxy) is 1. The Labute approximate surface area is 118 Å². The van der Waals surface area contributed by atoms with Gasteiger partial charge in [0.2, 0.25) is 0 Å². The Morgan fingerprint density at radius 2 is 1.75 bits per heavy atom. The lowest BCUT2D eigenvalue weighted by Crippen LogP contribution is -2.31. The smallest absolute Gasteiger partial charge is 0.338 e. The maximum atomic E-state index is 11.6. The molecule has 0 bridgehead atoms. The molecule has 1 aromatic carbocycles. The van der Waals surface area contributed by atoms with Crippen molar-refractivity contribution in [2.24, 2.45) is 0 Å². The van der Waals surface area contributed by atoms with E-state index in [9.17, 15) is 15.0 Å². The number of esters is 1. The highest BCUT2D eigenvalue weighted by atomic mass is 16.5. The minimum atomic E-state index is -1.09. The van der Waals surface area contributed by atoms with Crippen LogP contribution in [0.1, 0.15) is 36.0 Å². The highest BCUT2D eigenvalue weighted by Crippen LogP contribution is 2.08. The molecule has 0 fully saturated rings. The van der Waals surface area contributed by atoms with Crippen molar-refractivity contribution in [3.05, 3.63) is 35.9 Å². The van der Waals surface area contributed by atoms with Crippen LogP contribution in [0.5, 0.6) is 0 Å². The van der Waals surface area contributed by atoms with E-state index in [2.05, 4.69) is 0 Å². The zero-order chi connectivity index (χ0) is 14.8. The van der Waals surface area contributed by atoms with Crippen LogP contribution in [-0.4, -0.2) is 46.7 Å². The summed E-state index contributed by atoms with van der Waals surface area (Å²) in [5.74, 6) is -0.517. The van der Waals surface area contributed by atoms with E-state index in [0.29, 0.717) is 24.8 Å². The summed E-state index contributed by atoms with van der Waals surface area (Å²) in [6.07, 6.45) is 0.611. The quantitative estimate of drug-likeness (QED) is 0.466. The lowest BCUT2D eigenvalue weighted by Gasteiger charge is -2.17. The average molecular weight is 282 g/mol. The van der Waals surface area contributed by atoms with E-state index in [1.54, 1.807) is 30.3 Å². The largest absolute Gasteiger partial charge is 0.459 e. The summed E-state index contributed by atoms with van der Waals surface area (Å²) in [5, 5.41) is 28.0. The summed E-state index contributed by atoms with van der Waals surface area (Å²) in [7, 11) is 0. The third-order valence-electron chi connectivity index (χ3n) is 3.00. The Hall–Kier alpha value is -1.43. The molecule has 0 aromatic heterocycles. The summed E-state index contributed by atoms with van der Waals surface area (Å²) >= 11 is 0. The van der Waals surface area contributed by atoms with Gasteiger partial charge in [0.1, 0.15) is 12.7 Å². The van der Waals surface area contributed by atoms with Gasteiger partial charge in [-0.3, -0.25) is 0 Å². The molecule has 0 spiro atoms. The molecule has 1 aromatic rings. The number of rotatable bonds is 9. The number of unbranched alkanes of at least 4 members (excludes halogenated alkanes) is 2. The van der Waals surface area contributed by atoms with E-state index in [4.69, 9.17) is 9.84 Å². The summed E-state index contributed by atoms with van der Waals surface area (Å²) in [5.41, 5.74) is 0.414. The number of carbonyl (C=O) groups excluding carboxylic acids is 1. The molecule has 0 aliphatic carbocycles. The van der Waals surface area contributed by atoms with Crippen LogP contribution < -0.4 is 0 Å². The third-order valence-corrected chi connectivity index (χ3v) is 3.00. The van der Waals surface area contributed by atoms with Gasteiger partial charge >= 0.3 is 5.97 Å². The van der Waals surface area contributed by atoms with Crippen LogP contribution in [0.4, 0.5) is 0 Å². The zero-order valence-corrected chi connectivity index (χ0v) is 11.4. The van der Waals surface area contributed by atoms with E-state index in [1.807, 2.05) is 0 Å². The summed E-state index contributed by atoms with van der Waals surface area (Å²) in [6.45, 7) is -0.0950. The molecular formula is C15H22O5. The first kappa shape index (κ1) is 16.6. The highest BCUT2D eigenvalue weighted by molar-refractivity contribution is 5.89. The fraction of sp³-hybridized carbons (Fsp3) is 0.533. The Balaban J connectivity index is 2.25. The molecule has 0 heterocycles. The van der Waals surface area contributed by atoms with Crippen LogP contribution >= 0.6 is 0 Å². The van der Waals surface area contributed by atoms with Crippen molar-refractivity contribution in [1.82, 2.24) is 0 Å². The number of aliphatic hydroxyl groups is 3. The van der Waals surface area contributed by atoms with E-state index < -0.39 is 18.2 Å². The molecule has 0 aliphatic rings. The second-order valence-corrected chi connectivity index (χ2v) is 4.67. The van der Waals surface area contributed by atoms with Crippen molar-refractivity contribution in [1.29, 1.82) is 0 Å². The van der Waals surface area contributed by atoms with E-state index in [-0.39, 0.29) is 13.2 Å². The van der Waals surface area contributed by atoms with Gasteiger partial charge in [-0.05, 0) is 25.0 Å². The van der Waals surface area contributed by atoms with Crippen molar-refractivity contribution >= 4 is 5.97 Å². The molecule has 2 atom stereocenters. The van der Waals surface area contributed by atoms with Gasteiger partial charge < -0.3 is 20.1 Å². The Morgan fingerprint density at radius 3 is 2.40 bits per heavy atom. The Morgan fingerprint density at radius 1 is 1.05 bits per heavy atom. The third kappa shape index (κ3) is 6.14. The lowest BCUT2D eigenvalue weighted by molar-refractivity contribution is -0.0307. The van der Waals surface area contributed by atoms with Gasteiger partial charge in [-0.25, -0.2) is 4.79 Å². The number of carbonyl (C=O) groups is 1. The molecule has 1 rings (SSSR count). The average Bonchev–Trinajstić information content (AvgIpc) is 2.49. The molecule has 20 heavy (non-hydrogen) atoms. The monoisotopic (exact) mass is 282 g/mol. The first-order valence-corrected chi connectivity index (χ1v) is 6.84. The van der Waals surface area contributed by atoms with Crippen LogP contribution in [0.15, 0.2) is 30.3 Å². The fourth-order valence-corrected chi connectivity index (χ4v) is 1.76.